The van der Waals surface area contributed by atoms with Gasteiger partial charge in [-0.3, -0.25) is 9.59 Å². The van der Waals surface area contributed by atoms with Crippen molar-refractivity contribution < 1.29 is 14.0 Å². The molecule has 154 valence electrons. The van der Waals surface area contributed by atoms with Crippen LogP contribution in [-0.4, -0.2) is 36.3 Å². The van der Waals surface area contributed by atoms with Gasteiger partial charge in [-0.25, -0.2) is 4.39 Å². The van der Waals surface area contributed by atoms with Gasteiger partial charge in [-0.2, -0.15) is 0 Å². The van der Waals surface area contributed by atoms with Crippen LogP contribution < -0.4 is 10.6 Å². The van der Waals surface area contributed by atoms with Crippen LogP contribution in [0.15, 0.2) is 48.5 Å². The fraction of sp³-hybridized carbons (Fsp3) is 0.364. The normalized spacial score (nSPS) is 23.1. The van der Waals surface area contributed by atoms with Gasteiger partial charge in [0.05, 0.1) is 6.04 Å². The smallest absolute Gasteiger partial charge is 0.254 e. The molecule has 0 bridgehead atoms. The lowest BCUT2D eigenvalue weighted by Gasteiger charge is -2.36. The second-order valence-corrected chi connectivity index (χ2v) is 7.66. The van der Waals surface area contributed by atoms with Crippen LogP contribution in [0.25, 0.3) is 0 Å². The molecule has 0 radical (unpaired) electrons. The summed E-state index contributed by atoms with van der Waals surface area (Å²) in [6.07, 6.45) is 0.937. The molecule has 5 nitrogen and oxygen atoms in total. The minimum absolute atomic E-state index is 0. The molecule has 3 unspecified atom stereocenters. The molecule has 2 amide bonds. The number of anilines is 1. The Bertz CT molecular complexity index is 890. The van der Waals surface area contributed by atoms with Gasteiger partial charge in [-0.05, 0) is 54.3 Å². The summed E-state index contributed by atoms with van der Waals surface area (Å²) < 4.78 is 13.6. The third-order valence-corrected chi connectivity index (χ3v) is 5.58. The molecule has 3 atom stereocenters. The molecule has 1 saturated heterocycles. The van der Waals surface area contributed by atoms with Gasteiger partial charge in [0.1, 0.15) is 5.82 Å². The molecule has 2 aliphatic rings. The van der Waals surface area contributed by atoms with Gasteiger partial charge in [-0.1, -0.05) is 19.1 Å². The Morgan fingerprint density at radius 1 is 1.17 bits per heavy atom. The molecule has 0 spiro atoms. The van der Waals surface area contributed by atoms with E-state index in [0.29, 0.717) is 36.8 Å². The van der Waals surface area contributed by atoms with E-state index < -0.39 is 0 Å². The van der Waals surface area contributed by atoms with E-state index >= 15 is 0 Å². The Balaban J connectivity index is 0.00000240. The van der Waals surface area contributed by atoms with E-state index in [1.165, 1.54) is 12.1 Å². The molecule has 4 rings (SSSR count). The summed E-state index contributed by atoms with van der Waals surface area (Å²) in [7, 11) is 0. The van der Waals surface area contributed by atoms with Gasteiger partial charge >= 0.3 is 0 Å². The molecule has 1 heterocycles. The summed E-state index contributed by atoms with van der Waals surface area (Å²) >= 11 is 0. The summed E-state index contributed by atoms with van der Waals surface area (Å²) in [4.78, 5) is 26.9. The number of rotatable bonds is 4. The van der Waals surface area contributed by atoms with Crippen molar-refractivity contribution in [2.75, 3.05) is 25.0 Å². The Hall–Kier alpha value is -2.44. The van der Waals surface area contributed by atoms with Gasteiger partial charge in [0.25, 0.3) is 5.91 Å². The fourth-order valence-electron chi connectivity index (χ4n) is 3.74. The monoisotopic (exact) mass is 417 g/mol. The van der Waals surface area contributed by atoms with Crippen LogP contribution in [-0.2, 0) is 4.79 Å². The highest BCUT2D eigenvalue weighted by Gasteiger charge is 2.39. The van der Waals surface area contributed by atoms with Crippen LogP contribution in [0, 0.1) is 17.7 Å². The number of nitrogens with one attached hydrogen (secondary N) is 2. The highest BCUT2D eigenvalue weighted by molar-refractivity contribution is 5.97. The highest BCUT2D eigenvalue weighted by atomic mass is 35.5. The minimum Gasteiger partial charge on any atom is -0.329 e. The first-order chi connectivity index (χ1) is 13.5. The highest BCUT2D eigenvalue weighted by Crippen LogP contribution is 2.38. The molecule has 7 heteroatoms. The topological polar surface area (TPSA) is 61.4 Å². The van der Waals surface area contributed by atoms with Crippen molar-refractivity contribution in [2.45, 2.75) is 19.4 Å². The van der Waals surface area contributed by atoms with Crippen LogP contribution in [0.4, 0.5) is 10.1 Å². The average molecular weight is 418 g/mol. The van der Waals surface area contributed by atoms with Gasteiger partial charge in [0.2, 0.25) is 5.91 Å². The Labute approximate surface area is 176 Å². The zero-order valence-corrected chi connectivity index (χ0v) is 17.0. The SMILES string of the molecule is CC1CC1C(=O)Nc1ccc(C(=O)N2CCNCC2c2cccc(F)c2)cc1.Cl. The van der Waals surface area contributed by atoms with Crippen molar-refractivity contribution in [2.24, 2.45) is 11.8 Å². The Morgan fingerprint density at radius 2 is 1.90 bits per heavy atom. The predicted molar refractivity (Wildman–Crippen MR) is 113 cm³/mol. The Morgan fingerprint density at radius 3 is 2.55 bits per heavy atom. The maximum atomic E-state index is 13.6. The fourth-order valence-corrected chi connectivity index (χ4v) is 3.74. The maximum Gasteiger partial charge on any atom is 0.254 e. The summed E-state index contributed by atoms with van der Waals surface area (Å²) in [5.41, 5.74) is 2.03. The van der Waals surface area contributed by atoms with E-state index in [1.54, 1.807) is 35.2 Å². The zero-order valence-electron chi connectivity index (χ0n) is 16.2. The van der Waals surface area contributed by atoms with E-state index in [-0.39, 0.29) is 42.0 Å². The summed E-state index contributed by atoms with van der Waals surface area (Å²) in [5, 5.41) is 6.18. The number of carbonyl (C=O) groups excluding carboxylic acids is 2. The number of nitrogens with zero attached hydrogens (tertiary/aromatic N) is 1. The van der Waals surface area contributed by atoms with Gasteiger partial charge in [0, 0.05) is 36.8 Å². The molecule has 0 aromatic heterocycles. The first-order valence-corrected chi connectivity index (χ1v) is 9.71. The largest absolute Gasteiger partial charge is 0.329 e. The molecule has 1 saturated carbocycles. The molecule has 2 aromatic carbocycles. The summed E-state index contributed by atoms with van der Waals surface area (Å²) in [6, 6.07) is 13.2. The molecule has 29 heavy (non-hydrogen) atoms. The second kappa shape index (κ2) is 8.93. The third kappa shape index (κ3) is 4.77. The van der Waals surface area contributed by atoms with Crippen LogP contribution in [0.3, 0.4) is 0 Å². The number of benzene rings is 2. The standard InChI is InChI=1S/C22H24FN3O2.ClH/c1-14-11-19(14)21(27)25-18-7-5-15(6-8-18)22(28)26-10-9-24-13-20(26)16-3-2-4-17(23)12-16;/h2-8,12,14,19-20,24H,9-11,13H2,1H3,(H,25,27);1H. The number of amides is 2. The lowest BCUT2D eigenvalue weighted by atomic mass is 10.0. The van der Waals surface area contributed by atoms with Crippen LogP contribution in [0.2, 0.25) is 0 Å². The molecule has 1 aliphatic carbocycles. The first-order valence-electron chi connectivity index (χ1n) is 9.71. The third-order valence-electron chi connectivity index (χ3n) is 5.58. The van der Waals surface area contributed by atoms with Crippen molar-refractivity contribution in [3.8, 4) is 0 Å². The van der Waals surface area contributed by atoms with Crippen molar-refractivity contribution in [1.29, 1.82) is 0 Å². The van der Waals surface area contributed by atoms with Gasteiger partial charge in [0.15, 0.2) is 0 Å². The molecule has 1 aliphatic heterocycles. The maximum absolute atomic E-state index is 13.6. The molecular formula is C22H25ClFN3O2. The van der Waals surface area contributed by atoms with Crippen LogP contribution >= 0.6 is 12.4 Å². The van der Waals surface area contributed by atoms with Gasteiger partial charge < -0.3 is 15.5 Å². The van der Waals surface area contributed by atoms with Crippen LogP contribution in [0.1, 0.15) is 35.3 Å². The number of hydrogen-bond donors (Lipinski definition) is 2. The van der Waals surface area contributed by atoms with E-state index in [9.17, 15) is 14.0 Å². The summed E-state index contributed by atoms with van der Waals surface area (Å²) in [5.74, 6) is 0.201. The quantitative estimate of drug-likeness (QED) is 0.798. The van der Waals surface area contributed by atoms with E-state index in [1.807, 2.05) is 6.07 Å². The van der Waals surface area contributed by atoms with Crippen LogP contribution in [0.5, 0.6) is 0 Å². The predicted octanol–water partition coefficient (Wildman–Crippen LogP) is 3.63. The average Bonchev–Trinajstić information content (AvgIpc) is 3.45. The Kier molecular flexibility index (Phi) is 6.55. The van der Waals surface area contributed by atoms with Crippen molar-refractivity contribution in [1.82, 2.24) is 10.2 Å². The first kappa shape index (κ1) is 21.3. The number of halogens is 2. The zero-order chi connectivity index (χ0) is 19.7. The number of piperazine rings is 1. The van der Waals surface area contributed by atoms with Crippen molar-refractivity contribution in [3.05, 3.63) is 65.5 Å². The lowest BCUT2D eigenvalue weighted by Crippen LogP contribution is -2.48. The van der Waals surface area contributed by atoms with E-state index in [2.05, 4.69) is 17.6 Å². The molecular weight excluding hydrogens is 393 g/mol. The number of hydrogen-bond acceptors (Lipinski definition) is 3. The van der Waals surface area contributed by atoms with Crippen molar-refractivity contribution >= 4 is 29.9 Å². The molecule has 2 fully saturated rings. The van der Waals surface area contributed by atoms with E-state index in [4.69, 9.17) is 0 Å². The van der Waals surface area contributed by atoms with E-state index in [0.717, 1.165) is 12.0 Å². The second-order valence-electron chi connectivity index (χ2n) is 7.66. The minimum atomic E-state index is -0.305. The van der Waals surface area contributed by atoms with Crippen molar-refractivity contribution in [3.63, 3.8) is 0 Å². The number of carbonyl (C=O) groups is 2. The molecule has 2 aromatic rings. The van der Waals surface area contributed by atoms with Gasteiger partial charge in [-0.15, -0.1) is 12.4 Å². The lowest BCUT2D eigenvalue weighted by molar-refractivity contribution is -0.117. The summed E-state index contributed by atoms with van der Waals surface area (Å²) in [6.45, 7) is 3.90. The molecule has 2 N–H and O–H groups in total.